The predicted octanol–water partition coefficient (Wildman–Crippen LogP) is 2.77. The molecule has 0 bridgehead atoms. The minimum Gasteiger partial charge on any atom is -0.325 e. The molecule has 1 N–H and O–H groups in total. The van der Waals surface area contributed by atoms with Crippen molar-refractivity contribution in [2.75, 3.05) is 18.9 Å². The van der Waals surface area contributed by atoms with E-state index in [4.69, 9.17) is 0 Å². The van der Waals surface area contributed by atoms with Crippen LogP contribution in [0.1, 0.15) is 0 Å². The van der Waals surface area contributed by atoms with Gasteiger partial charge in [0.15, 0.2) is 0 Å². The second kappa shape index (κ2) is 6.69. The number of likely N-dealkylation sites (N-methyl/N-ethyl adjacent to an activating group) is 1. The Balaban J connectivity index is 2.06. The van der Waals surface area contributed by atoms with Crippen LogP contribution < -0.4 is 5.32 Å². The molecule has 1 heterocycles. The van der Waals surface area contributed by atoms with Crippen LogP contribution in [0.2, 0.25) is 0 Å². The number of nitrogens with zero attached hydrogens (tertiary/aromatic N) is 1. The van der Waals surface area contributed by atoms with Gasteiger partial charge in [-0.2, -0.15) is 4.31 Å². The largest absolute Gasteiger partial charge is 0.325 e. The number of carbonyl (C=O) groups is 1. The highest BCUT2D eigenvalue weighted by Gasteiger charge is 2.26. The monoisotopic (exact) mass is 388 g/mol. The predicted molar refractivity (Wildman–Crippen MR) is 86.9 cm³/mol. The summed E-state index contributed by atoms with van der Waals surface area (Å²) in [5.74, 6) is -0.389. The molecule has 112 valence electrons. The van der Waals surface area contributed by atoms with E-state index in [9.17, 15) is 13.2 Å². The number of amides is 1. The van der Waals surface area contributed by atoms with Crippen molar-refractivity contribution in [2.45, 2.75) is 4.21 Å². The van der Waals surface area contributed by atoms with Crippen LogP contribution in [0.15, 0.2) is 50.5 Å². The zero-order chi connectivity index (χ0) is 15.5. The van der Waals surface area contributed by atoms with Gasteiger partial charge < -0.3 is 5.32 Å². The first-order valence-electron chi connectivity index (χ1n) is 5.95. The summed E-state index contributed by atoms with van der Waals surface area (Å²) < 4.78 is 26.4. The van der Waals surface area contributed by atoms with Crippen LogP contribution in [0.5, 0.6) is 0 Å². The van der Waals surface area contributed by atoms with Crippen LogP contribution >= 0.6 is 27.3 Å². The highest BCUT2D eigenvalue weighted by atomic mass is 79.9. The zero-order valence-corrected chi connectivity index (χ0v) is 14.3. The number of nitrogens with one attached hydrogen (secondary N) is 1. The van der Waals surface area contributed by atoms with Crippen LogP contribution in [0, 0.1) is 0 Å². The van der Waals surface area contributed by atoms with Gasteiger partial charge in [-0.3, -0.25) is 4.79 Å². The average molecular weight is 389 g/mol. The quantitative estimate of drug-likeness (QED) is 0.855. The molecule has 0 radical (unpaired) electrons. The maximum atomic E-state index is 12.3. The SMILES string of the molecule is CN(CC(=O)Nc1ccccc1)S(=O)(=O)c1sccc1Br. The average Bonchev–Trinajstić information content (AvgIpc) is 2.86. The van der Waals surface area contributed by atoms with Crippen LogP contribution in [0.25, 0.3) is 0 Å². The third-order valence-corrected chi connectivity index (χ3v) is 7.10. The smallest absolute Gasteiger partial charge is 0.253 e. The van der Waals surface area contributed by atoms with E-state index >= 15 is 0 Å². The number of hydrogen-bond donors (Lipinski definition) is 1. The molecule has 0 atom stereocenters. The van der Waals surface area contributed by atoms with Gasteiger partial charge in [0.05, 0.1) is 6.54 Å². The summed E-state index contributed by atoms with van der Waals surface area (Å²) in [6.07, 6.45) is 0. The molecule has 0 aliphatic rings. The lowest BCUT2D eigenvalue weighted by Gasteiger charge is -2.16. The summed E-state index contributed by atoms with van der Waals surface area (Å²) in [5, 5.41) is 4.33. The summed E-state index contributed by atoms with van der Waals surface area (Å²) in [5.41, 5.74) is 0.630. The molecule has 0 unspecified atom stereocenters. The highest BCUT2D eigenvalue weighted by molar-refractivity contribution is 9.10. The molecule has 8 heteroatoms. The molecule has 1 aromatic heterocycles. The number of halogens is 1. The molecule has 1 amide bonds. The second-order valence-electron chi connectivity index (χ2n) is 4.23. The standard InChI is InChI=1S/C13H13BrN2O3S2/c1-16(21(18,19)13-11(14)7-8-20-13)9-12(17)15-10-5-3-2-4-6-10/h2-8H,9H2,1H3,(H,15,17). The van der Waals surface area contributed by atoms with Gasteiger partial charge in [0.1, 0.15) is 4.21 Å². The van der Waals surface area contributed by atoms with Crippen LogP contribution in [-0.4, -0.2) is 32.2 Å². The van der Waals surface area contributed by atoms with Gasteiger partial charge >= 0.3 is 0 Å². The Kier molecular flexibility index (Phi) is 5.15. The van der Waals surface area contributed by atoms with Crippen molar-refractivity contribution in [1.82, 2.24) is 4.31 Å². The second-order valence-corrected chi connectivity index (χ2v) is 8.24. The molecule has 0 saturated heterocycles. The molecule has 2 rings (SSSR count). The van der Waals surface area contributed by atoms with Gasteiger partial charge in [0.25, 0.3) is 10.0 Å². The number of anilines is 1. The van der Waals surface area contributed by atoms with Crippen LogP contribution in [0.3, 0.4) is 0 Å². The summed E-state index contributed by atoms with van der Waals surface area (Å²) in [4.78, 5) is 11.9. The number of rotatable bonds is 5. The fourth-order valence-electron chi connectivity index (χ4n) is 1.61. The lowest BCUT2D eigenvalue weighted by atomic mass is 10.3. The van der Waals surface area contributed by atoms with Gasteiger partial charge in [-0.05, 0) is 39.5 Å². The number of sulfonamides is 1. The fraction of sp³-hybridized carbons (Fsp3) is 0.154. The maximum Gasteiger partial charge on any atom is 0.253 e. The number of benzene rings is 1. The van der Waals surface area contributed by atoms with Crippen molar-refractivity contribution in [3.63, 3.8) is 0 Å². The molecular weight excluding hydrogens is 376 g/mol. The summed E-state index contributed by atoms with van der Waals surface area (Å²) in [7, 11) is -2.29. The van der Waals surface area contributed by atoms with Gasteiger partial charge in [-0.15, -0.1) is 11.3 Å². The van der Waals surface area contributed by atoms with E-state index in [-0.39, 0.29) is 16.7 Å². The minimum absolute atomic E-state index is 0.192. The maximum absolute atomic E-state index is 12.3. The first kappa shape index (κ1) is 16.2. The van der Waals surface area contributed by atoms with E-state index in [1.54, 1.807) is 35.7 Å². The Morgan fingerprint density at radius 1 is 1.29 bits per heavy atom. The number of para-hydroxylation sites is 1. The van der Waals surface area contributed by atoms with Crippen molar-refractivity contribution in [2.24, 2.45) is 0 Å². The lowest BCUT2D eigenvalue weighted by molar-refractivity contribution is -0.116. The third kappa shape index (κ3) is 3.91. The molecule has 21 heavy (non-hydrogen) atoms. The van der Waals surface area contributed by atoms with Gasteiger partial charge in [0, 0.05) is 17.2 Å². The summed E-state index contributed by atoms with van der Waals surface area (Å²) in [6.45, 7) is -0.248. The summed E-state index contributed by atoms with van der Waals surface area (Å²) in [6, 6.07) is 10.6. The van der Waals surface area contributed by atoms with Gasteiger partial charge in [-0.1, -0.05) is 18.2 Å². The zero-order valence-electron chi connectivity index (χ0n) is 11.1. The third-order valence-electron chi connectivity index (χ3n) is 2.65. The van der Waals surface area contributed by atoms with Crippen molar-refractivity contribution in [3.05, 3.63) is 46.3 Å². The first-order valence-corrected chi connectivity index (χ1v) is 9.07. The van der Waals surface area contributed by atoms with Crippen molar-refractivity contribution in [3.8, 4) is 0 Å². The topological polar surface area (TPSA) is 66.5 Å². The Morgan fingerprint density at radius 2 is 1.95 bits per heavy atom. The molecule has 2 aromatic rings. The Morgan fingerprint density at radius 3 is 2.52 bits per heavy atom. The van der Waals surface area contributed by atoms with Gasteiger partial charge in [-0.25, -0.2) is 8.42 Å². The van der Waals surface area contributed by atoms with Crippen LogP contribution in [-0.2, 0) is 14.8 Å². The fourth-order valence-corrected chi connectivity index (χ4v) is 5.24. The minimum atomic E-state index is -3.67. The number of hydrogen-bond acceptors (Lipinski definition) is 4. The van der Waals surface area contributed by atoms with Crippen LogP contribution in [0.4, 0.5) is 5.69 Å². The normalized spacial score (nSPS) is 11.6. The number of carbonyl (C=O) groups excluding carboxylic acids is 1. The Hall–Kier alpha value is -1.22. The van der Waals surface area contributed by atoms with E-state index in [0.717, 1.165) is 15.6 Å². The molecule has 1 aromatic carbocycles. The van der Waals surface area contributed by atoms with Crippen molar-refractivity contribution < 1.29 is 13.2 Å². The lowest BCUT2D eigenvalue weighted by Crippen LogP contribution is -2.34. The van der Waals surface area contributed by atoms with Crippen molar-refractivity contribution in [1.29, 1.82) is 0 Å². The van der Waals surface area contributed by atoms with E-state index in [1.165, 1.54) is 7.05 Å². The molecule has 5 nitrogen and oxygen atoms in total. The van der Waals surface area contributed by atoms with E-state index in [2.05, 4.69) is 21.2 Å². The van der Waals surface area contributed by atoms with E-state index in [0.29, 0.717) is 10.2 Å². The molecule has 0 fully saturated rings. The highest BCUT2D eigenvalue weighted by Crippen LogP contribution is 2.29. The summed E-state index contributed by atoms with van der Waals surface area (Å²) >= 11 is 4.30. The number of thiophene rings is 1. The van der Waals surface area contributed by atoms with E-state index in [1.807, 2.05) is 6.07 Å². The van der Waals surface area contributed by atoms with Gasteiger partial charge in [0.2, 0.25) is 5.91 Å². The molecule has 0 aliphatic heterocycles. The molecule has 0 saturated carbocycles. The molecular formula is C13H13BrN2O3S2. The molecule has 0 spiro atoms. The van der Waals surface area contributed by atoms with E-state index < -0.39 is 10.0 Å². The Labute approximate surface area is 135 Å². The first-order chi connectivity index (χ1) is 9.91. The van der Waals surface area contributed by atoms with Crippen molar-refractivity contribution >= 4 is 48.9 Å². The Bertz CT molecular complexity index is 729. The molecule has 0 aliphatic carbocycles.